The second-order valence-corrected chi connectivity index (χ2v) is 23.1. The van der Waals surface area contributed by atoms with Crippen LogP contribution in [0.5, 0.6) is 0 Å². The summed E-state index contributed by atoms with van der Waals surface area (Å²) in [7, 11) is 3.57. The van der Waals surface area contributed by atoms with Crippen LogP contribution in [0.2, 0.25) is 0 Å². The van der Waals surface area contributed by atoms with E-state index in [1.807, 2.05) is 19.2 Å². The molecule has 0 amide bonds. The van der Waals surface area contributed by atoms with Gasteiger partial charge in [-0.1, -0.05) is 41.5 Å². The minimum absolute atomic E-state index is 0.112. The first-order valence-corrected chi connectivity index (χ1v) is 22.8. The summed E-state index contributed by atoms with van der Waals surface area (Å²) in [6.45, 7) is 19.5. The largest absolute Gasteiger partial charge is 0.327 e. The Hall–Kier alpha value is -2.88. The molecule has 306 valence electrons. The van der Waals surface area contributed by atoms with Crippen molar-refractivity contribution < 1.29 is 16.8 Å². The normalized spacial score (nSPS) is 18.9. The Morgan fingerprint density at radius 3 is 1.53 bits per heavy atom. The van der Waals surface area contributed by atoms with Crippen molar-refractivity contribution in [2.45, 2.75) is 101 Å². The second-order valence-electron chi connectivity index (χ2n) is 18.6. The number of rotatable bonds is 12. The van der Waals surface area contributed by atoms with Crippen LogP contribution in [-0.4, -0.2) is 136 Å². The van der Waals surface area contributed by atoms with Crippen LogP contribution in [0.1, 0.15) is 66.0 Å². The summed E-state index contributed by atoms with van der Waals surface area (Å²) in [5.41, 5.74) is 3.82. The lowest BCUT2D eigenvalue weighted by Gasteiger charge is -2.19. The van der Waals surface area contributed by atoms with E-state index < -0.39 is 19.7 Å². The van der Waals surface area contributed by atoms with Gasteiger partial charge < -0.3 is 29.2 Å². The maximum absolute atomic E-state index is 13.1. The van der Waals surface area contributed by atoms with Crippen molar-refractivity contribution in [3.05, 3.63) is 48.0 Å². The van der Waals surface area contributed by atoms with Crippen LogP contribution in [0.4, 0.5) is 0 Å². The number of nitrogens with one attached hydrogen (secondary N) is 1. The Bertz CT molecular complexity index is 2150. The fourth-order valence-electron chi connectivity index (χ4n) is 7.42. The van der Waals surface area contributed by atoms with Gasteiger partial charge in [0.15, 0.2) is 19.7 Å². The van der Waals surface area contributed by atoms with Crippen molar-refractivity contribution in [2.75, 3.05) is 74.5 Å². The zero-order chi connectivity index (χ0) is 40.5. The van der Waals surface area contributed by atoms with Crippen LogP contribution in [0, 0.1) is 10.8 Å². The highest BCUT2D eigenvalue weighted by Crippen LogP contribution is 2.30. The Morgan fingerprint density at radius 1 is 0.709 bits per heavy atom. The van der Waals surface area contributed by atoms with Crippen LogP contribution in [0.25, 0.3) is 22.1 Å². The highest BCUT2D eigenvalue weighted by atomic mass is 32.2. The van der Waals surface area contributed by atoms with Crippen LogP contribution < -0.4 is 5.32 Å². The Morgan fingerprint density at radius 2 is 1.16 bits per heavy atom. The van der Waals surface area contributed by atoms with Crippen molar-refractivity contribution in [2.24, 2.45) is 10.8 Å². The summed E-state index contributed by atoms with van der Waals surface area (Å²) in [5, 5.41) is 2.49. The SMILES string of the molecule is CN(C)CCn1c(CC(C)(C)C)nc2cc(S(=O)(=O)[C@H]3CCN(C)C3)ccc21.CN(C)CCn1c(CC(C)(C)C)nc2cc(S(=O)(=O)[C@H]3CCNC3)ccc21. The fourth-order valence-corrected chi connectivity index (χ4v) is 10.9. The molecule has 55 heavy (non-hydrogen) atoms. The van der Waals surface area contributed by atoms with Gasteiger partial charge in [-0.05, 0) is 108 Å². The van der Waals surface area contributed by atoms with Crippen molar-refractivity contribution >= 4 is 41.7 Å². The Labute approximate surface area is 330 Å². The van der Waals surface area contributed by atoms with Gasteiger partial charge in [0.25, 0.3) is 0 Å². The predicted molar refractivity (Wildman–Crippen MR) is 224 cm³/mol. The van der Waals surface area contributed by atoms with E-state index in [0.717, 1.165) is 85.8 Å². The molecule has 0 unspecified atom stereocenters. The van der Waals surface area contributed by atoms with E-state index in [4.69, 9.17) is 9.97 Å². The molecule has 0 aliphatic carbocycles. The first kappa shape index (κ1) is 43.2. The lowest BCUT2D eigenvalue weighted by molar-refractivity contribution is 0.364. The fraction of sp³-hybridized carbons (Fsp3) is 0.659. The third-order valence-electron chi connectivity index (χ3n) is 10.4. The summed E-state index contributed by atoms with van der Waals surface area (Å²) in [6.07, 6.45) is 3.07. The number of benzene rings is 2. The van der Waals surface area contributed by atoms with E-state index in [-0.39, 0.29) is 21.3 Å². The number of imidazole rings is 2. The van der Waals surface area contributed by atoms with Crippen molar-refractivity contribution in [3.8, 4) is 0 Å². The third-order valence-corrected chi connectivity index (χ3v) is 14.8. The molecule has 0 saturated carbocycles. The lowest BCUT2D eigenvalue weighted by Crippen LogP contribution is -2.25. The number of aromatic nitrogens is 4. The molecule has 1 N–H and O–H groups in total. The molecule has 12 nitrogen and oxygen atoms in total. The summed E-state index contributed by atoms with van der Waals surface area (Å²) in [4.78, 5) is 16.9. The van der Waals surface area contributed by atoms with Crippen LogP contribution in [0.15, 0.2) is 46.2 Å². The standard InChI is InChI=1S/C21H34N4O2S.C20H32N4O2S/c1-21(2,3)14-20-22-18-13-16(28(26,27)17-9-10-24(6)15-17)7-8-19(18)25(20)12-11-23(4)5;1-20(2,3)13-19-22-17-12-15(27(25,26)16-8-9-21-14-16)6-7-18(17)24(19)11-10-23(4)5/h7-8,13,17H,9-12,14-15H2,1-6H3;6-7,12,16,21H,8-11,13-14H2,1-5H3/t17-;16-/m00/s1. The minimum atomic E-state index is -3.33. The summed E-state index contributed by atoms with van der Waals surface area (Å²) < 4.78 is 56.5. The molecule has 4 aromatic rings. The number of hydrogen-bond acceptors (Lipinski definition) is 10. The summed E-state index contributed by atoms with van der Waals surface area (Å²) in [6, 6.07) is 10.9. The van der Waals surface area contributed by atoms with Crippen LogP contribution in [-0.2, 0) is 45.6 Å². The van der Waals surface area contributed by atoms with Gasteiger partial charge in [0.05, 0.1) is 42.4 Å². The van der Waals surface area contributed by atoms with E-state index in [0.29, 0.717) is 35.7 Å². The van der Waals surface area contributed by atoms with Gasteiger partial charge in [0, 0.05) is 52.1 Å². The van der Waals surface area contributed by atoms with Gasteiger partial charge >= 0.3 is 0 Å². The number of likely N-dealkylation sites (tertiary alicyclic amines) is 1. The molecule has 2 aromatic carbocycles. The van der Waals surface area contributed by atoms with Crippen LogP contribution in [0.3, 0.4) is 0 Å². The molecule has 0 spiro atoms. The monoisotopic (exact) mass is 798 g/mol. The van der Waals surface area contributed by atoms with Crippen molar-refractivity contribution in [1.82, 2.24) is 39.1 Å². The van der Waals surface area contributed by atoms with Crippen LogP contribution >= 0.6 is 0 Å². The summed E-state index contributed by atoms with van der Waals surface area (Å²) >= 11 is 0. The number of fused-ring (bicyclic) bond motifs is 2. The van der Waals surface area contributed by atoms with E-state index in [9.17, 15) is 16.8 Å². The quantitative estimate of drug-likeness (QED) is 0.210. The molecule has 2 atom stereocenters. The molecule has 14 heteroatoms. The molecule has 0 bridgehead atoms. The maximum atomic E-state index is 13.1. The molecule has 2 saturated heterocycles. The average molecular weight is 799 g/mol. The van der Waals surface area contributed by atoms with Gasteiger partial charge in [0.1, 0.15) is 11.6 Å². The molecule has 6 rings (SSSR count). The second kappa shape index (κ2) is 16.9. The molecular formula is C41H66N8O4S2. The van der Waals surface area contributed by atoms with Gasteiger partial charge in [0.2, 0.25) is 0 Å². The lowest BCUT2D eigenvalue weighted by atomic mass is 9.92. The number of hydrogen-bond donors (Lipinski definition) is 1. The molecule has 2 fully saturated rings. The Kier molecular flexibility index (Phi) is 13.3. The van der Waals surface area contributed by atoms with Crippen molar-refractivity contribution in [3.63, 3.8) is 0 Å². The molecule has 4 heterocycles. The van der Waals surface area contributed by atoms with Crippen molar-refractivity contribution in [1.29, 1.82) is 0 Å². The number of sulfone groups is 2. The average Bonchev–Trinajstić information content (AvgIpc) is 3.87. The first-order valence-electron chi connectivity index (χ1n) is 19.7. The van der Waals surface area contributed by atoms with Gasteiger partial charge in [-0.25, -0.2) is 26.8 Å². The third kappa shape index (κ3) is 10.7. The smallest absolute Gasteiger partial charge is 0.182 e. The van der Waals surface area contributed by atoms with E-state index in [1.54, 1.807) is 24.3 Å². The molecule has 0 radical (unpaired) electrons. The number of nitrogens with zero attached hydrogens (tertiary/aromatic N) is 7. The molecular weight excluding hydrogens is 733 g/mol. The highest BCUT2D eigenvalue weighted by molar-refractivity contribution is 7.92. The van der Waals surface area contributed by atoms with Gasteiger partial charge in [-0.3, -0.25) is 0 Å². The first-order chi connectivity index (χ1) is 25.5. The van der Waals surface area contributed by atoms with Gasteiger partial charge in [-0.2, -0.15) is 0 Å². The molecule has 2 aliphatic rings. The maximum Gasteiger partial charge on any atom is 0.182 e. The zero-order valence-electron chi connectivity index (χ0n) is 35.2. The number of likely N-dealkylation sites (N-methyl/N-ethyl adjacent to an activating group) is 2. The molecule has 2 aliphatic heterocycles. The predicted octanol–water partition coefficient (Wildman–Crippen LogP) is 4.99. The van der Waals surface area contributed by atoms with E-state index >= 15 is 0 Å². The summed E-state index contributed by atoms with van der Waals surface area (Å²) in [5.74, 6) is 2.05. The minimum Gasteiger partial charge on any atom is -0.327 e. The highest BCUT2D eigenvalue weighted by Gasteiger charge is 2.34. The van der Waals surface area contributed by atoms with E-state index in [1.165, 1.54) is 0 Å². The molecule has 2 aromatic heterocycles. The zero-order valence-corrected chi connectivity index (χ0v) is 36.8. The Balaban J connectivity index is 0.000000211. The topological polar surface area (TPSA) is 126 Å². The van der Waals surface area contributed by atoms with Gasteiger partial charge in [-0.15, -0.1) is 0 Å². The van der Waals surface area contributed by atoms with E-state index in [2.05, 4.69) is 98.9 Å².